The van der Waals surface area contributed by atoms with Gasteiger partial charge in [0.2, 0.25) is 5.95 Å². The summed E-state index contributed by atoms with van der Waals surface area (Å²) >= 11 is 7.63. The van der Waals surface area contributed by atoms with Crippen LogP contribution in [-0.2, 0) is 6.54 Å². The average Bonchev–Trinajstić information content (AvgIpc) is 3.35. The van der Waals surface area contributed by atoms with Crippen LogP contribution >= 0.6 is 22.9 Å². The van der Waals surface area contributed by atoms with Crippen molar-refractivity contribution in [3.8, 4) is 0 Å². The molecule has 4 aromatic rings. The van der Waals surface area contributed by atoms with E-state index < -0.39 is 0 Å². The number of H-pyrrole nitrogens is 1. The second-order valence-electron chi connectivity index (χ2n) is 6.27. The number of aromatic amines is 1. The molecule has 0 radical (unpaired) electrons. The summed E-state index contributed by atoms with van der Waals surface area (Å²) in [6, 6.07) is 10.8. The second-order valence-corrected chi connectivity index (χ2v) is 7.62. The lowest BCUT2D eigenvalue weighted by atomic mass is 10.2. The maximum absolute atomic E-state index is 13.1. The molecule has 0 unspecified atom stereocenters. The number of thiophene rings is 1. The molecule has 0 spiro atoms. The van der Waals surface area contributed by atoms with Crippen LogP contribution in [-0.4, -0.2) is 25.5 Å². The van der Waals surface area contributed by atoms with Crippen molar-refractivity contribution in [3.05, 3.63) is 78.9 Å². The summed E-state index contributed by atoms with van der Waals surface area (Å²) in [7, 11) is 0. The molecule has 0 aliphatic heterocycles. The topological polar surface area (TPSA) is 83.4 Å². The molecule has 0 atom stereocenters. The number of halogens is 1. The van der Waals surface area contributed by atoms with Crippen LogP contribution in [0.25, 0.3) is 5.78 Å². The van der Waals surface area contributed by atoms with Crippen LogP contribution in [0.2, 0.25) is 5.02 Å². The average molecular weight is 414 g/mol. The number of fused-ring (bicyclic) bond motifs is 1. The van der Waals surface area contributed by atoms with Gasteiger partial charge < -0.3 is 0 Å². The van der Waals surface area contributed by atoms with Crippen molar-refractivity contribution in [2.75, 3.05) is 4.90 Å². The van der Waals surface area contributed by atoms with E-state index >= 15 is 0 Å². The van der Waals surface area contributed by atoms with E-state index in [0.717, 1.165) is 5.56 Å². The molecule has 1 amide bonds. The summed E-state index contributed by atoms with van der Waals surface area (Å²) in [6.45, 7) is 3.66. The number of rotatable bonds is 4. The van der Waals surface area contributed by atoms with Crippen molar-refractivity contribution in [2.45, 2.75) is 20.4 Å². The number of anilines is 1. The molecule has 0 aliphatic carbocycles. The van der Waals surface area contributed by atoms with Gasteiger partial charge in [-0.1, -0.05) is 35.9 Å². The molecule has 3 heterocycles. The van der Waals surface area contributed by atoms with E-state index in [1.807, 2.05) is 29.6 Å². The van der Waals surface area contributed by atoms with Gasteiger partial charge in [-0.2, -0.15) is 9.50 Å². The number of carbonyl (C=O) groups excluding carboxylic acids is 1. The maximum Gasteiger partial charge on any atom is 0.277 e. The molecule has 1 N–H and O–H groups in total. The van der Waals surface area contributed by atoms with Crippen LogP contribution in [0.3, 0.4) is 0 Å². The largest absolute Gasteiger partial charge is 0.277 e. The van der Waals surface area contributed by atoms with E-state index in [2.05, 4.69) is 15.1 Å². The molecule has 0 aliphatic rings. The Morgan fingerprint density at radius 2 is 2.00 bits per heavy atom. The molecule has 3 aromatic heterocycles. The first-order valence-corrected chi connectivity index (χ1v) is 9.76. The number of hydrogen-bond acceptors (Lipinski definition) is 5. The van der Waals surface area contributed by atoms with Gasteiger partial charge in [-0.3, -0.25) is 19.6 Å². The standard InChI is InChI=1S/C19H16ClN5O2S/c1-11-12(2)21-18-22-19(23-25(18)16(11)26)24(17(27)15-8-5-9-28-15)10-13-6-3-4-7-14(13)20/h3-9H,10H2,1-2H3,(H,21,22,23). The lowest BCUT2D eigenvalue weighted by Crippen LogP contribution is -2.31. The molecular weight excluding hydrogens is 398 g/mol. The van der Waals surface area contributed by atoms with Gasteiger partial charge in [0.05, 0.1) is 11.4 Å². The minimum atomic E-state index is -0.248. The Hall–Kier alpha value is -2.97. The molecule has 0 saturated carbocycles. The smallest absolute Gasteiger partial charge is 0.272 e. The normalized spacial score (nSPS) is 11.1. The number of amides is 1. The van der Waals surface area contributed by atoms with Crippen molar-refractivity contribution < 1.29 is 4.79 Å². The molecule has 9 heteroatoms. The summed E-state index contributed by atoms with van der Waals surface area (Å²) in [5, 5.41) is 5.29. The molecule has 28 heavy (non-hydrogen) atoms. The molecule has 1 aromatic carbocycles. The van der Waals surface area contributed by atoms with Crippen molar-refractivity contribution in [1.82, 2.24) is 19.6 Å². The first kappa shape index (κ1) is 18.4. The Balaban J connectivity index is 1.84. The minimum Gasteiger partial charge on any atom is -0.272 e. The Kier molecular flexibility index (Phi) is 4.74. The predicted octanol–water partition coefficient (Wildman–Crippen LogP) is 3.60. The van der Waals surface area contributed by atoms with Crippen LogP contribution in [0, 0.1) is 13.8 Å². The van der Waals surface area contributed by atoms with E-state index in [0.29, 0.717) is 21.2 Å². The summed E-state index contributed by atoms with van der Waals surface area (Å²) in [6.07, 6.45) is 0. The molecule has 142 valence electrons. The zero-order chi connectivity index (χ0) is 19.8. The fourth-order valence-electron chi connectivity index (χ4n) is 2.79. The zero-order valence-corrected chi connectivity index (χ0v) is 16.7. The first-order chi connectivity index (χ1) is 13.5. The van der Waals surface area contributed by atoms with Gasteiger partial charge in [0.25, 0.3) is 17.2 Å². The van der Waals surface area contributed by atoms with Crippen LogP contribution in [0.5, 0.6) is 0 Å². The van der Waals surface area contributed by atoms with Gasteiger partial charge in [-0.05, 0) is 36.9 Å². The zero-order valence-electron chi connectivity index (χ0n) is 15.1. The van der Waals surface area contributed by atoms with Gasteiger partial charge in [-0.15, -0.1) is 11.3 Å². The Labute approximate surface area is 169 Å². The van der Waals surface area contributed by atoms with Crippen molar-refractivity contribution in [2.24, 2.45) is 0 Å². The summed E-state index contributed by atoms with van der Waals surface area (Å²) < 4.78 is 1.25. The quantitative estimate of drug-likeness (QED) is 0.554. The van der Waals surface area contributed by atoms with Crippen molar-refractivity contribution >= 4 is 40.6 Å². The summed E-state index contributed by atoms with van der Waals surface area (Å²) in [4.78, 5) is 36.4. The SMILES string of the molecule is Cc1nc2nc(N(Cc3ccccc3Cl)C(=O)c3cccs3)[nH]n2c(=O)c1C. The molecular formula is C19H16ClN5O2S. The van der Waals surface area contributed by atoms with Crippen LogP contribution < -0.4 is 10.5 Å². The fourth-order valence-corrected chi connectivity index (χ4v) is 3.65. The van der Waals surface area contributed by atoms with Gasteiger partial charge in [-0.25, -0.2) is 4.98 Å². The van der Waals surface area contributed by atoms with E-state index in [4.69, 9.17) is 11.6 Å². The highest BCUT2D eigenvalue weighted by atomic mass is 35.5. The number of nitrogens with zero attached hydrogens (tertiary/aromatic N) is 4. The lowest BCUT2D eigenvalue weighted by molar-refractivity contribution is 0.0987. The van der Waals surface area contributed by atoms with Crippen molar-refractivity contribution in [1.29, 1.82) is 0 Å². The fraction of sp³-hybridized carbons (Fsp3) is 0.158. The molecule has 0 bridgehead atoms. The van der Waals surface area contributed by atoms with Gasteiger partial charge >= 0.3 is 0 Å². The Bertz CT molecular complexity index is 1230. The Morgan fingerprint density at radius 1 is 1.21 bits per heavy atom. The number of aryl methyl sites for hydroxylation is 1. The molecule has 7 nitrogen and oxygen atoms in total. The molecule has 4 rings (SSSR count). The number of nitrogens with one attached hydrogen (secondary N) is 1. The lowest BCUT2D eigenvalue weighted by Gasteiger charge is -2.19. The minimum absolute atomic E-state index is 0.197. The van der Waals surface area contributed by atoms with E-state index in [1.165, 1.54) is 20.8 Å². The highest BCUT2D eigenvalue weighted by Gasteiger charge is 2.24. The van der Waals surface area contributed by atoms with Crippen LogP contribution in [0.1, 0.15) is 26.5 Å². The third-order valence-electron chi connectivity index (χ3n) is 4.47. The highest BCUT2D eigenvalue weighted by molar-refractivity contribution is 7.12. The number of benzene rings is 1. The first-order valence-electron chi connectivity index (χ1n) is 8.50. The van der Waals surface area contributed by atoms with Gasteiger partial charge in [0.15, 0.2) is 0 Å². The maximum atomic E-state index is 13.1. The molecule has 0 saturated heterocycles. The Morgan fingerprint density at radius 3 is 2.71 bits per heavy atom. The third-order valence-corrected chi connectivity index (χ3v) is 5.70. The van der Waals surface area contributed by atoms with E-state index in [-0.39, 0.29) is 29.7 Å². The monoisotopic (exact) mass is 413 g/mol. The highest BCUT2D eigenvalue weighted by Crippen LogP contribution is 2.23. The number of carbonyl (C=O) groups is 1. The molecule has 0 fully saturated rings. The third kappa shape index (κ3) is 3.21. The number of aromatic nitrogens is 4. The van der Waals surface area contributed by atoms with E-state index in [1.54, 1.807) is 26.0 Å². The van der Waals surface area contributed by atoms with E-state index in [9.17, 15) is 9.59 Å². The van der Waals surface area contributed by atoms with Crippen LogP contribution in [0.4, 0.5) is 5.95 Å². The summed E-state index contributed by atoms with van der Waals surface area (Å²) in [5.74, 6) is 0.203. The predicted molar refractivity (Wildman–Crippen MR) is 109 cm³/mol. The van der Waals surface area contributed by atoms with Gasteiger partial charge in [0.1, 0.15) is 0 Å². The second kappa shape index (κ2) is 7.21. The summed E-state index contributed by atoms with van der Waals surface area (Å²) in [5.41, 5.74) is 1.64. The van der Waals surface area contributed by atoms with Crippen molar-refractivity contribution in [3.63, 3.8) is 0 Å². The number of hydrogen-bond donors (Lipinski definition) is 1. The van der Waals surface area contributed by atoms with Crippen LogP contribution in [0.15, 0.2) is 46.6 Å². The van der Waals surface area contributed by atoms with Gasteiger partial charge in [0, 0.05) is 16.3 Å².